The Hall–Kier alpha value is -2.41. The Bertz CT molecular complexity index is 686. The van der Waals surface area contributed by atoms with Crippen molar-refractivity contribution in [2.24, 2.45) is 5.92 Å². The van der Waals surface area contributed by atoms with Gasteiger partial charge in [0.05, 0.1) is 12.0 Å². The van der Waals surface area contributed by atoms with Gasteiger partial charge in [-0.15, -0.1) is 11.3 Å². The average molecular weight is 347 g/mol. The van der Waals surface area contributed by atoms with Crippen molar-refractivity contribution in [2.75, 3.05) is 7.11 Å². The summed E-state index contributed by atoms with van der Waals surface area (Å²) in [6.07, 6.45) is 1.63. The number of carbonyl (C=O) groups excluding carboxylic acids is 2. The molecule has 7 heteroatoms. The van der Waals surface area contributed by atoms with Crippen LogP contribution in [0.3, 0.4) is 0 Å². The van der Waals surface area contributed by atoms with E-state index in [1.807, 2.05) is 25.3 Å². The van der Waals surface area contributed by atoms with E-state index in [1.54, 1.807) is 24.4 Å². The number of amides is 2. The Morgan fingerprint density at radius 2 is 2.08 bits per heavy atom. The van der Waals surface area contributed by atoms with E-state index >= 15 is 0 Å². The summed E-state index contributed by atoms with van der Waals surface area (Å²) in [6, 6.07) is 6.54. The molecule has 128 valence electrons. The van der Waals surface area contributed by atoms with Gasteiger partial charge < -0.3 is 15.4 Å². The van der Waals surface area contributed by atoms with E-state index in [2.05, 4.69) is 15.6 Å². The number of nitrogens with zero attached hydrogens (tertiary/aromatic N) is 1. The highest BCUT2D eigenvalue weighted by Crippen LogP contribution is 2.14. The van der Waals surface area contributed by atoms with Crippen LogP contribution in [0.4, 0.5) is 0 Å². The molecule has 0 spiro atoms. The molecule has 0 radical (unpaired) electrons. The minimum Gasteiger partial charge on any atom is -0.481 e. The molecule has 2 heterocycles. The van der Waals surface area contributed by atoms with Gasteiger partial charge in [-0.3, -0.25) is 9.59 Å². The molecular weight excluding hydrogens is 326 g/mol. The van der Waals surface area contributed by atoms with Crippen molar-refractivity contribution in [3.8, 4) is 5.88 Å². The molecule has 1 atom stereocenters. The van der Waals surface area contributed by atoms with Gasteiger partial charge in [-0.25, -0.2) is 4.98 Å². The second kappa shape index (κ2) is 8.44. The predicted molar refractivity (Wildman–Crippen MR) is 93.0 cm³/mol. The first kappa shape index (κ1) is 17.9. The first-order valence-corrected chi connectivity index (χ1v) is 8.51. The number of ether oxygens (including phenoxy) is 1. The smallest absolute Gasteiger partial charge is 0.262 e. The molecule has 0 aliphatic carbocycles. The maximum absolute atomic E-state index is 12.5. The summed E-state index contributed by atoms with van der Waals surface area (Å²) >= 11 is 1.34. The van der Waals surface area contributed by atoms with Gasteiger partial charge in [0, 0.05) is 18.3 Å². The van der Waals surface area contributed by atoms with Crippen LogP contribution < -0.4 is 15.4 Å². The highest BCUT2D eigenvalue weighted by atomic mass is 32.1. The minimum atomic E-state index is -0.609. The highest BCUT2D eigenvalue weighted by Gasteiger charge is 2.25. The molecule has 6 nitrogen and oxygen atoms in total. The molecule has 0 aromatic carbocycles. The van der Waals surface area contributed by atoms with Gasteiger partial charge in [0.25, 0.3) is 5.91 Å². The van der Waals surface area contributed by atoms with Crippen LogP contribution in [0.15, 0.2) is 35.8 Å². The number of hydrogen-bond acceptors (Lipinski definition) is 5. The van der Waals surface area contributed by atoms with Gasteiger partial charge in [-0.05, 0) is 23.4 Å². The summed E-state index contributed by atoms with van der Waals surface area (Å²) in [5.74, 6) is -0.0372. The summed E-state index contributed by atoms with van der Waals surface area (Å²) in [7, 11) is 1.53. The molecule has 1 unspecified atom stereocenters. The molecule has 2 aromatic rings. The molecule has 2 rings (SSSR count). The maximum Gasteiger partial charge on any atom is 0.262 e. The predicted octanol–water partition coefficient (Wildman–Crippen LogP) is 2.22. The summed E-state index contributed by atoms with van der Waals surface area (Å²) in [4.78, 5) is 29.3. The molecule has 0 saturated heterocycles. The number of hydrogen-bond donors (Lipinski definition) is 2. The minimum absolute atomic E-state index is 0.0373. The van der Waals surface area contributed by atoms with E-state index in [1.165, 1.54) is 18.4 Å². The Balaban J connectivity index is 2.00. The SMILES string of the molecule is COc1ncccc1CNC(=O)C(NC(=O)c1cccs1)C(C)C. The Morgan fingerprint density at radius 3 is 2.71 bits per heavy atom. The Labute approximate surface area is 145 Å². The zero-order valence-electron chi connectivity index (χ0n) is 13.9. The van der Waals surface area contributed by atoms with Crippen LogP contribution in [0.5, 0.6) is 5.88 Å². The van der Waals surface area contributed by atoms with Crippen LogP contribution in [0.1, 0.15) is 29.1 Å². The van der Waals surface area contributed by atoms with Crippen molar-refractivity contribution in [1.29, 1.82) is 0 Å². The molecule has 0 fully saturated rings. The monoisotopic (exact) mass is 347 g/mol. The van der Waals surface area contributed by atoms with Crippen molar-refractivity contribution in [2.45, 2.75) is 26.4 Å². The van der Waals surface area contributed by atoms with Crippen molar-refractivity contribution in [3.05, 3.63) is 46.3 Å². The van der Waals surface area contributed by atoms with E-state index in [0.29, 0.717) is 10.8 Å². The fraction of sp³-hybridized carbons (Fsp3) is 0.353. The van der Waals surface area contributed by atoms with Gasteiger partial charge in [-0.2, -0.15) is 0 Å². The summed E-state index contributed by atoms with van der Waals surface area (Å²) in [6.45, 7) is 4.07. The second-order valence-electron chi connectivity index (χ2n) is 5.56. The van der Waals surface area contributed by atoms with Crippen LogP contribution in [-0.2, 0) is 11.3 Å². The third-order valence-corrected chi connectivity index (χ3v) is 4.35. The number of thiophene rings is 1. The molecule has 24 heavy (non-hydrogen) atoms. The van der Waals surface area contributed by atoms with Crippen molar-refractivity contribution in [1.82, 2.24) is 15.6 Å². The zero-order valence-corrected chi connectivity index (χ0v) is 14.7. The number of pyridine rings is 1. The van der Waals surface area contributed by atoms with Crippen LogP contribution in [0.2, 0.25) is 0 Å². The van der Waals surface area contributed by atoms with Gasteiger partial charge >= 0.3 is 0 Å². The third-order valence-electron chi connectivity index (χ3n) is 3.48. The molecule has 0 aliphatic heterocycles. The normalized spacial score (nSPS) is 11.8. The molecule has 2 amide bonds. The van der Waals surface area contributed by atoms with E-state index in [-0.39, 0.29) is 24.3 Å². The van der Waals surface area contributed by atoms with Crippen molar-refractivity contribution < 1.29 is 14.3 Å². The Kier molecular flexibility index (Phi) is 6.31. The lowest BCUT2D eigenvalue weighted by atomic mass is 10.0. The van der Waals surface area contributed by atoms with Crippen molar-refractivity contribution in [3.63, 3.8) is 0 Å². The van der Waals surface area contributed by atoms with Crippen LogP contribution in [-0.4, -0.2) is 29.9 Å². The molecule has 0 aliphatic rings. The van der Waals surface area contributed by atoms with E-state index < -0.39 is 6.04 Å². The first-order chi connectivity index (χ1) is 11.5. The van der Waals surface area contributed by atoms with E-state index in [4.69, 9.17) is 4.74 Å². The van der Waals surface area contributed by atoms with Crippen LogP contribution in [0, 0.1) is 5.92 Å². The van der Waals surface area contributed by atoms with E-state index in [9.17, 15) is 9.59 Å². The topological polar surface area (TPSA) is 80.3 Å². The lowest BCUT2D eigenvalue weighted by molar-refractivity contribution is -0.124. The molecule has 0 saturated carbocycles. The standard InChI is InChI=1S/C17H21N3O3S/c1-11(2)14(20-15(21)13-7-5-9-24-13)16(22)19-10-12-6-4-8-18-17(12)23-3/h4-9,11,14H,10H2,1-3H3,(H,19,22)(H,20,21). The third kappa shape index (κ3) is 4.55. The number of nitrogens with one attached hydrogen (secondary N) is 2. The van der Waals surface area contributed by atoms with Gasteiger partial charge in [0.1, 0.15) is 6.04 Å². The summed E-state index contributed by atoms with van der Waals surface area (Å²) < 4.78 is 5.17. The van der Waals surface area contributed by atoms with Gasteiger partial charge in [0.15, 0.2) is 0 Å². The molecule has 2 aromatic heterocycles. The highest BCUT2D eigenvalue weighted by molar-refractivity contribution is 7.12. The molecule has 2 N–H and O–H groups in total. The van der Waals surface area contributed by atoms with Crippen LogP contribution in [0.25, 0.3) is 0 Å². The average Bonchev–Trinajstić information content (AvgIpc) is 3.12. The zero-order chi connectivity index (χ0) is 17.5. The fourth-order valence-corrected chi connectivity index (χ4v) is 2.82. The second-order valence-corrected chi connectivity index (χ2v) is 6.51. The maximum atomic E-state index is 12.5. The quantitative estimate of drug-likeness (QED) is 0.805. The van der Waals surface area contributed by atoms with E-state index in [0.717, 1.165) is 5.56 Å². The largest absolute Gasteiger partial charge is 0.481 e. The molecular formula is C17H21N3O3S. The number of aromatic nitrogens is 1. The summed E-state index contributed by atoms with van der Waals surface area (Å²) in [5.41, 5.74) is 0.778. The van der Waals surface area contributed by atoms with Gasteiger partial charge in [0.2, 0.25) is 11.8 Å². The Morgan fingerprint density at radius 1 is 1.29 bits per heavy atom. The number of carbonyl (C=O) groups is 2. The molecule has 0 bridgehead atoms. The van der Waals surface area contributed by atoms with Gasteiger partial charge in [-0.1, -0.05) is 26.0 Å². The summed E-state index contributed by atoms with van der Waals surface area (Å²) in [5, 5.41) is 7.46. The lowest BCUT2D eigenvalue weighted by Gasteiger charge is -2.21. The van der Waals surface area contributed by atoms with Crippen molar-refractivity contribution >= 4 is 23.2 Å². The number of methoxy groups -OCH3 is 1. The fourth-order valence-electron chi connectivity index (χ4n) is 2.19. The van der Waals surface area contributed by atoms with Crippen LogP contribution >= 0.6 is 11.3 Å². The first-order valence-electron chi connectivity index (χ1n) is 7.63. The number of rotatable bonds is 7. The lowest BCUT2D eigenvalue weighted by Crippen LogP contribution is -2.49.